The number of methoxy groups -OCH3 is 2. The van der Waals surface area contributed by atoms with Crippen LogP contribution >= 0.6 is 24.0 Å². The fraction of sp³-hybridized carbons (Fsp3) is 0.588. The Morgan fingerprint density at radius 1 is 1.17 bits per heavy atom. The van der Waals surface area contributed by atoms with Crippen LogP contribution in [0.5, 0.6) is 11.5 Å². The van der Waals surface area contributed by atoms with Crippen molar-refractivity contribution in [2.75, 3.05) is 40.4 Å². The lowest BCUT2D eigenvalue weighted by Crippen LogP contribution is -2.38. The first-order valence-electron chi connectivity index (χ1n) is 8.11. The fourth-order valence-corrected chi connectivity index (χ4v) is 2.30. The molecule has 6 nitrogen and oxygen atoms in total. The molecule has 0 amide bonds. The Morgan fingerprint density at radius 3 is 2.46 bits per heavy atom. The Kier molecular flexibility index (Phi) is 12.4. The van der Waals surface area contributed by atoms with E-state index in [1.165, 1.54) is 0 Å². The van der Waals surface area contributed by atoms with E-state index in [1.54, 1.807) is 14.2 Å². The van der Waals surface area contributed by atoms with E-state index >= 15 is 0 Å². The van der Waals surface area contributed by atoms with Gasteiger partial charge in [-0.15, -0.1) is 24.0 Å². The number of nitrogens with one attached hydrogen (secondary N) is 1. The molecule has 0 bridgehead atoms. The molecule has 0 aliphatic carbocycles. The number of hydrogen-bond acceptors (Lipinski definition) is 4. The van der Waals surface area contributed by atoms with Gasteiger partial charge < -0.3 is 25.4 Å². The van der Waals surface area contributed by atoms with Crippen LogP contribution in [0.3, 0.4) is 0 Å². The van der Waals surface area contributed by atoms with E-state index in [2.05, 4.69) is 29.1 Å². The Bertz CT molecular complexity index is 497. The summed E-state index contributed by atoms with van der Waals surface area (Å²) in [5.74, 6) is 1.87. The predicted molar refractivity (Wildman–Crippen MR) is 111 cm³/mol. The SMILES string of the molecule is CCCN(CC)CCNC(N)=NCc1ccc(OC)c(OC)c1.I. The molecule has 0 aliphatic heterocycles. The van der Waals surface area contributed by atoms with Gasteiger partial charge in [-0.3, -0.25) is 0 Å². The zero-order chi connectivity index (χ0) is 17.1. The van der Waals surface area contributed by atoms with Gasteiger partial charge in [-0.05, 0) is 37.2 Å². The molecule has 138 valence electrons. The summed E-state index contributed by atoms with van der Waals surface area (Å²) in [6.45, 7) is 8.80. The number of likely N-dealkylation sites (N-methyl/N-ethyl adjacent to an activating group) is 1. The van der Waals surface area contributed by atoms with Gasteiger partial charge in [0.05, 0.1) is 20.8 Å². The third kappa shape index (κ3) is 8.05. The highest BCUT2D eigenvalue weighted by Gasteiger charge is 2.04. The van der Waals surface area contributed by atoms with E-state index in [9.17, 15) is 0 Å². The summed E-state index contributed by atoms with van der Waals surface area (Å²) in [4.78, 5) is 6.75. The summed E-state index contributed by atoms with van der Waals surface area (Å²) in [5.41, 5.74) is 6.94. The highest BCUT2D eigenvalue weighted by Crippen LogP contribution is 2.27. The van der Waals surface area contributed by atoms with Crippen LogP contribution in [0.15, 0.2) is 23.2 Å². The van der Waals surface area contributed by atoms with E-state index in [0.717, 1.165) is 38.2 Å². The van der Waals surface area contributed by atoms with E-state index in [4.69, 9.17) is 15.2 Å². The minimum absolute atomic E-state index is 0. The van der Waals surface area contributed by atoms with Crippen LogP contribution in [0.25, 0.3) is 0 Å². The maximum atomic E-state index is 5.91. The highest BCUT2D eigenvalue weighted by molar-refractivity contribution is 14.0. The predicted octanol–water partition coefficient (Wildman–Crippen LogP) is 2.46. The van der Waals surface area contributed by atoms with Crippen molar-refractivity contribution in [2.24, 2.45) is 10.7 Å². The number of hydrogen-bond donors (Lipinski definition) is 2. The smallest absolute Gasteiger partial charge is 0.188 e. The number of nitrogens with two attached hydrogens (primary N) is 1. The van der Waals surface area contributed by atoms with Crippen LogP contribution in [-0.2, 0) is 6.54 Å². The number of ether oxygens (including phenoxy) is 2. The normalized spacial score (nSPS) is 11.1. The van der Waals surface area contributed by atoms with Crippen molar-refractivity contribution in [1.29, 1.82) is 0 Å². The van der Waals surface area contributed by atoms with Gasteiger partial charge in [-0.25, -0.2) is 4.99 Å². The zero-order valence-corrected chi connectivity index (χ0v) is 17.5. The number of aliphatic imine (C=N–C) groups is 1. The number of guanidine groups is 1. The minimum atomic E-state index is 0. The first kappa shape index (κ1) is 22.8. The van der Waals surface area contributed by atoms with Gasteiger partial charge in [0.2, 0.25) is 0 Å². The van der Waals surface area contributed by atoms with Gasteiger partial charge in [0.25, 0.3) is 0 Å². The van der Waals surface area contributed by atoms with E-state index < -0.39 is 0 Å². The van der Waals surface area contributed by atoms with Crippen LogP contribution < -0.4 is 20.5 Å². The standard InChI is InChI=1S/C17H30N4O2.HI/c1-5-10-21(6-2)11-9-19-17(18)20-13-14-7-8-15(22-3)16(12-14)23-4;/h7-8,12H,5-6,9-11,13H2,1-4H3,(H3,18,19,20);1H. The Balaban J connectivity index is 0.00000529. The van der Waals surface area contributed by atoms with Gasteiger partial charge in [-0.1, -0.05) is 19.9 Å². The van der Waals surface area contributed by atoms with Crippen molar-refractivity contribution in [2.45, 2.75) is 26.8 Å². The van der Waals surface area contributed by atoms with E-state index in [1.807, 2.05) is 18.2 Å². The minimum Gasteiger partial charge on any atom is -0.493 e. The molecule has 1 aromatic rings. The second-order valence-electron chi connectivity index (χ2n) is 5.25. The van der Waals surface area contributed by atoms with Crippen LogP contribution in [0.2, 0.25) is 0 Å². The average Bonchev–Trinajstić information content (AvgIpc) is 2.58. The van der Waals surface area contributed by atoms with Gasteiger partial charge in [0.1, 0.15) is 0 Å². The summed E-state index contributed by atoms with van der Waals surface area (Å²) >= 11 is 0. The van der Waals surface area contributed by atoms with E-state index in [-0.39, 0.29) is 24.0 Å². The van der Waals surface area contributed by atoms with Crippen molar-refractivity contribution >= 4 is 29.9 Å². The molecular weight excluding hydrogens is 419 g/mol. The van der Waals surface area contributed by atoms with Crippen molar-refractivity contribution in [1.82, 2.24) is 10.2 Å². The third-order valence-corrected chi connectivity index (χ3v) is 3.60. The van der Waals surface area contributed by atoms with Gasteiger partial charge in [0.15, 0.2) is 17.5 Å². The molecule has 1 aromatic carbocycles. The number of halogens is 1. The molecule has 0 radical (unpaired) electrons. The summed E-state index contributed by atoms with van der Waals surface area (Å²) in [6.07, 6.45) is 1.16. The molecule has 1 rings (SSSR count). The quantitative estimate of drug-likeness (QED) is 0.326. The monoisotopic (exact) mass is 450 g/mol. The van der Waals surface area contributed by atoms with Crippen LogP contribution in [0, 0.1) is 0 Å². The molecular formula is C17H31IN4O2. The molecule has 0 aliphatic rings. The fourth-order valence-electron chi connectivity index (χ4n) is 2.30. The molecule has 0 heterocycles. The second-order valence-corrected chi connectivity index (χ2v) is 5.25. The average molecular weight is 450 g/mol. The van der Waals surface area contributed by atoms with Gasteiger partial charge in [-0.2, -0.15) is 0 Å². The van der Waals surface area contributed by atoms with E-state index in [0.29, 0.717) is 24.0 Å². The number of rotatable bonds is 10. The van der Waals surface area contributed by atoms with Crippen molar-refractivity contribution < 1.29 is 9.47 Å². The summed E-state index contributed by atoms with van der Waals surface area (Å²) in [6, 6.07) is 5.74. The van der Waals surface area contributed by atoms with Crippen molar-refractivity contribution in [3.8, 4) is 11.5 Å². The maximum absolute atomic E-state index is 5.91. The largest absolute Gasteiger partial charge is 0.493 e. The molecule has 0 aromatic heterocycles. The van der Waals surface area contributed by atoms with Gasteiger partial charge in [0, 0.05) is 13.1 Å². The number of benzene rings is 1. The number of nitrogens with zero attached hydrogens (tertiary/aromatic N) is 2. The Labute approximate surface area is 162 Å². The first-order chi connectivity index (χ1) is 11.1. The molecule has 24 heavy (non-hydrogen) atoms. The zero-order valence-electron chi connectivity index (χ0n) is 15.2. The van der Waals surface area contributed by atoms with Gasteiger partial charge >= 0.3 is 0 Å². The molecule has 3 N–H and O–H groups in total. The molecule has 7 heteroatoms. The lowest BCUT2D eigenvalue weighted by molar-refractivity contribution is 0.293. The Hall–Kier alpha value is -1.22. The highest BCUT2D eigenvalue weighted by atomic mass is 127. The lowest BCUT2D eigenvalue weighted by atomic mass is 10.2. The summed E-state index contributed by atoms with van der Waals surface area (Å²) in [5, 5.41) is 3.16. The second kappa shape index (κ2) is 13.1. The topological polar surface area (TPSA) is 72.1 Å². The summed E-state index contributed by atoms with van der Waals surface area (Å²) < 4.78 is 10.5. The maximum Gasteiger partial charge on any atom is 0.188 e. The molecule has 0 unspecified atom stereocenters. The molecule has 0 saturated heterocycles. The molecule has 0 saturated carbocycles. The molecule has 0 fully saturated rings. The van der Waals surface area contributed by atoms with Crippen LogP contribution in [0.1, 0.15) is 25.8 Å². The molecule has 0 atom stereocenters. The third-order valence-electron chi connectivity index (χ3n) is 3.60. The lowest BCUT2D eigenvalue weighted by Gasteiger charge is -2.19. The Morgan fingerprint density at radius 2 is 1.88 bits per heavy atom. The van der Waals surface area contributed by atoms with Crippen LogP contribution in [0.4, 0.5) is 0 Å². The molecule has 0 spiro atoms. The van der Waals surface area contributed by atoms with Crippen molar-refractivity contribution in [3.63, 3.8) is 0 Å². The van der Waals surface area contributed by atoms with Crippen LogP contribution in [-0.4, -0.2) is 51.3 Å². The first-order valence-corrected chi connectivity index (χ1v) is 8.11. The van der Waals surface area contributed by atoms with Crippen molar-refractivity contribution in [3.05, 3.63) is 23.8 Å². The summed E-state index contributed by atoms with van der Waals surface area (Å²) in [7, 11) is 3.24.